The number of rotatable bonds is 0. The zero-order valence-electron chi connectivity index (χ0n) is 11.4. The summed E-state index contributed by atoms with van der Waals surface area (Å²) in [6.07, 6.45) is 1.58. The van der Waals surface area contributed by atoms with Gasteiger partial charge in [0.1, 0.15) is 0 Å². The first-order valence-corrected chi connectivity index (χ1v) is 6.98. The van der Waals surface area contributed by atoms with Crippen molar-refractivity contribution < 1.29 is 5.32 Å². The fourth-order valence-corrected chi connectivity index (χ4v) is 3.45. The van der Waals surface area contributed by atoms with Gasteiger partial charge in [-0.1, -0.05) is 18.2 Å². The summed E-state index contributed by atoms with van der Waals surface area (Å²) in [6.45, 7) is 5.63. The van der Waals surface area contributed by atoms with Crippen molar-refractivity contribution in [2.75, 3.05) is 6.54 Å². The Balaban J connectivity index is 2.14. The number of aryl methyl sites for hydroxylation is 1. The van der Waals surface area contributed by atoms with E-state index in [9.17, 15) is 0 Å². The van der Waals surface area contributed by atoms with Crippen LogP contribution in [0.3, 0.4) is 0 Å². The molecule has 3 aliphatic heterocycles. The highest BCUT2D eigenvalue weighted by Gasteiger charge is 2.26. The monoisotopic (exact) mass is 252 g/mol. The van der Waals surface area contributed by atoms with Gasteiger partial charge in [0, 0.05) is 30.0 Å². The topological polar surface area (TPSA) is 34.4 Å². The summed E-state index contributed by atoms with van der Waals surface area (Å²) in [5.41, 5.74) is 6.37. The number of hydrogen-bond donors (Lipinski definition) is 1. The minimum Gasteiger partial charge on any atom is -0.326 e. The lowest BCUT2D eigenvalue weighted by molar-refractivity contribution is -0.712. The first-order valence-electron chi connectivity index (χ1n) is 6.98. The number of aromatic nitrogens is 2. The Morgan fingerprint density at radius 1 is 1.32 bits per heavy atom. The van der Waals surface area contributed by atoms with E-state index in [1.807, 2.05) is 0 Å². The molecule has 2 N–H and O–H groups in total. The first-order chi connectivity index (χ1) is 9.25. The lowest BCUT2D eigenvalue weighted by Crippen LogP contribution is -2.88. The molecule has 0 bridgehead atoms. The molecule has 4 rings (SSSR count). The Labute approximate surface area is 112 Å². The molecule has 0 radical (unpaired) electrons. The van der Waals surface area contributed by atoms with E-state index in [1.165, 1.54) is 28.0 Å². The predicted octanol–water partition coefficient (Wildman–Crippen LogP) is 2.09. The molecule has 3 heterocycles. The van der Waals surface area contributed by atoms with E-state index in [0.29, 0.717) is 6.17 Å². The normalized spacial score (nSPS) is 18.9. The number of nitrogens with two attached hydrogens (primary N) is 1. The standard InChI is InChI=1S/C16H17N3/c1-10-9-13-12-5-3-4-6-14(12)18-16(13)15-7-8-17-11(2)19(10)15/h3-6,9,11,17H,7-8H2,1-2H3/p+1. The third-order valence-corrected chi connectivity index (χ3v) is 4.28. The van der Waals surface area contributed by atoms with Crippen LogP contribution in [0.2, 0.25) is 0 Å². The maximum atomic E-state index is 4.87. The van der Waals surface area contributed by atoms with Gasteiger partial charge >= 0.3 is 0 Å². The smallest absolute Gasteiger partial charge is 0.162 e. The van der Waals surface area contributed by atoms with Crippen molar-refractivity contribution in [2.24, 2.45) is 0 Å². The SMILES string of the molecule is Cc1cc2c3ccccc3nc-2c2n1C(C)[NH2+]CC2. The van der Waals surface area contributed by atoms with Crippen LogP contribution in [-0.4, -0.2) is 16.1 Å². The summed E-state index contributed by atoms with van der Waals surface area (Å²) in [7, 11) is 0. The van der Waals surface area contributed by atoms with Crippen molar-refractivity contribution in [3.05, 3.63) is 41.7 Å². The number of para-hydroxylation sites is 1. The van der Waals surface area contributed by atoms with Gasteiger partial charge in [0.2, 0.25) is 0 Å². The van der Waals surface area contributed by atoms with Crippen LogP contribution in [0.15, 0.2) is 30.3 Å². The van der Waals surface area contributed by atoms with Gasteiger partial charge in [-0.25, -0.2) is 4.98 Å². The predicted molar refractivity (Wildman–Crippen MR) is 76.3 cm³/mol. The Morgan fingerprint density at radius 2 is 2.16 bits per heavy atom. The zero-order chi connectivity index (χ0) is 13.0. The summed E-state index contributed by atoms with van der Waals surface area (Å²) in [6, 6.07) is 10.8. The van der Waals surface area contributed by atoms with Gasteiger partial charge in [0.05, 0.1) is 23.4 Å². The van der Waals surface area contributed by atoms with E-state index >= 15 is 0 Å². The Kier molecular flexibility index (Phi) is 2.21. The molecule has 0 aromatic heterocycles. The van der Waals surface area contributed by atoms with Gasteiger partial charge in [0.25, 0.3) is 0 Å². The second-order valence-corrected chi connectivity index (χ2v) is 5.51. The fourth-order valence-electron chi connectivity index (χ4n) is 3.45. The quantitative estimate of drug-likeness (QED) is 0.653. The molecule has 0 saturated carbocycles. The molecule has 0 amide bonds. The van der Waals surface area contributed by atoms with Crippen molar-refractivity contribution in [1.29, 1.82) is 0 Å². The molecule has 0 fully saturated rings. The number of fused-ring (bicyclic) bond motifs is 5. The van der Waals surface area contributed by atoms with Crippen molar-refractivity contribution in [1.82, 2.24) is 9.55 Å². The lowest BCUT2D eigenvalue weighted by Gasteiger charge is -2.28. The Morgan fingerprint density at radius 3 is 3.05 bits per heavy atom. The fraction of sp³-hybridized carbons (Fsp3) is 0.312. The molecule has 0 aliphatic carbocycles. The van der Waals surface area contributed by atoms with Crippen LogP contribution < -0.4 is 5.32 Å². The molecule has 96 valence electrons. The van der Waals surface area contributed by atoms with Crippen LogP contribution >= 0.6 is 0 Å². The molecular weight excluding hydrogens is 234 g/mol. The average molecular weight is 252 g/mol. The van der Waals surface area contributed by atoms with Gasteiger partial charge in [-0.3, -0.25) is 4.57 Å². The summed E-state index contributed by atoms with van der Waals surface area (Å²) < 4.78 is 2.44. The lowest BCUT2D eigenvalue weighted by atomic mass is 10.0. The average Bonchev–Trinajstić information content (AvgIpc) is 2.78. The van der Waals surface area contributed by atoms with Gasteiger partial charge in [-0.05, 0) is 19.1 Å². The largest absolute Gasteiger partial charge is 0.326 e. The highest BCUT2D eigenvalue weighted by atomic mass is 15.2. The van der Waals surface area contributed by atoms with E-state index in [0.717, 1.165) is 18.5 Å². The second-order valence-electron chi connectivity index (χ2n) is 5.51. The van der Waals surface area contributed by atoms with Gasteiger partial charge < -0.3 is 5.32 Å². The van der Waals surface area contributed by atoms with Crippen LogP contribution in [0, 0.1) is 6.92 Å². The van der Waals surface area contributed by atoms with E-state index in [4.69, 9.17) is 4.98 Å². The minimum absolute atomic E-state index is 0.480. The van der Waals surface area contributed by atoms with Crippen molar-refractivity contribution in [3.63, 3.8) is 0 Å². The molecule has 0 spiro atoms. The molecule has 3 heteroatoms. The molecule has 3 aliphatic rings. The van der Waals surface area contributed by atoms with Crippen LogP contribution in [0.4, 0.5) is 0 Å². The zero-order valence-corrected chi connectivity index (χ0v) is 11.4. The van der Waals surface area contributed by atoms with E-state index in [1.54, 1.807) is 0 Å². The number of pyridine rings is 1. The summed E-state index contributed by atoms with van der Waals surface area (Å²) >= 11 is 0. The van der Waals surface area contributed by atoms with Gasteiger partial charge in [-0.15, -0.1) is 0 Å². The van der Waals surface area contributed by atoms with Crippen LogP contribution in [0.5, 0.6) is 0 Å². The van der Waals surface area contributed by atoms with Crippen molar-refractivity contribution >= 4 is 10.9 Å². The maximum absolute atomic E-state index is 4.87. The minimum atomic E-state index is 0.480. The van der Waals surface area contributed by atoms with E-state index in [-0.39, 0.29) is 0 Å². The molecule has 1 aromatic rings. The summed E-state index contributed by atoms with van der Waals surface area (Å²) in [4.78, 5) is 4.87. The third kappa shape index (κ3) is 1.45. The molecule has 1 unspecified atom stereocenters. The third-order valence-electron chi connectivity index (χ3n) is 4.28. The highest BCUT2D eigenvalue weighted by molar-refractivity contribution is 5.98. The molecular formula is C16H18N3+. The van der Waals surface area contributed by atoms with Crippen molar-refractivity contribution in [3.8, 4) is 11.3 Å². The van der Waals surface area contributed by atoms with E-state index in [2.05, 4.69) is 54.1 Å². The van der Waals surface area contributed by atoms with E-state index < -0.39 is 0 Å². The van der Waals surface area contributed by atoms with Crippen LogP contribution in [-0.2, 0) is 6.42 Å². The van der Waals surface area contributed by atoms with Gasteiger partial charge in [-0.2, -0.15) is 0 Å². The maximum Gasteiger partial charge on any atom is 0.162 e. The highest BCUT2D eigenvalue weighted by Crippen LogP contribution is 2.35. The second kappa shape index (κ2) is 3.81. The summed E-state index contributed by atoms with van der Waals surface area (Å²) in [5, 5.41) is 3.68. The van der Waals surface area contributed by atoms with Crippen molar-refractivity contribution in [2.45, 2.75) is 26.4 Å². The first kappa shape index (κ1) is 11.0. The molecule has 1 aromatic carbocycles. The number of quaternary nitrogens is 1. The molecule has 0 saturated heterocycles. The van der Waals surface area contributed by atoms with Gasteiger partial charge in [0.15, 0.2) is 6.17 Å². The molecule has 19 heavy (non-hydrogen) atoms. The Hall–Kier alpha value is -1.87. The molecule has 1 atom stereocenters. The Bertz CT molecular complexity index is 741. The summed E-state index contributed by atoms with van der Waals surface area (Å²) in [5.74, 6) is 0. The van der Waals surface area contributed by atoms with Crippen LogP contribution in [0.25, 0.3) is 22.2 Å². The number of benzene rings is 1. The molecule has 3 nitrogen and oxygen atoms in total. The number of hydrogen-bond acceptors (Lipinski definition) is 1. The number of nitrogens with zero attached hydrogens (tertiary/aromatic N) is 2. The van der Waals surface area contributed by atoms with Crippen LogP contribution in [0.1, 0.15) is 24.5 Å².